The molecule has 0 saturated carbocycles. The maximum absolute atomic E-state index is 11.3. The molecule has 0 unspecified atom stereocenters. The Balaban J connectivity index is 2.55. The number of carbonyl (C=O) groups excluding carboxylic acids is 1. The fraction of sp³-hybridized carbons (Fsp3) is 0.500. The number of carbonyl (C=O) groups is 1. The Bertz CT molecular complexity index is 335. The second-order valence-corrected chi connectivity index (χ2v) is 4.41. The molecular weight excluding hydrogens is 202 g/mol. The van der Waals surface area contributed by atoms with E-state index in [2.05, 4.69) is 24.1 Å². The third-order valence-electron chi connectivity index (χ3n) is 2.46. The Morgan fingerprint density at radius 3 is 2.81 bits per heavy atom. The number of aromatic nitrogens is 1. The molecule has 0 aliphatic heterocycles. The van der Waals surface area contributed by atoms with E-state index in [0.717, 1.165) is 5.69 Å². The van der Waals surface area contributed by atoms with Crippen LogP contribution in [-0.4, -0.2) is 24.0 Å². The predicted molar refractivity (Wildman–Crippen MR) is 63.9 cm³/mol. The van der Waals surface area contributed by atoms with Crippen LogP contribution in [0, 0.1) is 0 Å². The lowest BCUT2D eigenvalue weighted by Crippen LogP contribution is -2.37. The molecule has 0 aliphatic carbocycles. The van der Waals surface area contributed by atoms with E-state index in [1.54, 1.807) is 6.20 Å². The first-order valence-corrected chi connectivity index (χ1v) is 5.44. The van der Waals surface area contributed by atoms with E-state index >= 15 is 0 Å². The van der Waals surface area contributed by atoms with Gasteiger partial charge in [0.1, 0.15) is 0 Å². The van der Waals surface area contributed by atoms with E-state index in [1.165, 1.54) is 0 Å². The monoisotopic (exact) mass is 221 g/mol. The van der Waals surface area contributed by atoms with Crippen LogP contribution in [0.15, 0.2) is 24.4 Å². The van der Waals surface area contributed by atoms with E-state index in [9.17, 15) is 4.79 Å². The van der Waals surface area contributed by atoms with Crippen LogP contribution in [0.2, 0.25) is 0 Å². The Labute approximate surface area is 96.3 Å². The van der Waals surface area contributed by atoms with Crippen LogP contribution in [0.1, 0.15) is 26.0 Å². The van der Waals surface area contributed by atoms with Gasteiger partial charge in [-0.15, -0.1) is 0 Å². The number of nitrogens with one attached hydrogen (secondary N) is 1. The topological polar surface area (TPSA) is 68.0 Å². The van der Waals surface area contributed by atoms with Crippen molar-refractivity contribution in [3.05, 3.63) is 30.1 Å². The van der Waals surface area contributed by atoms with Crippen molar-refractivity contribution in [1.29, 1.82) is 0 Å². The highest BCUT2D eigenvalue weighted by atomic mass is 16.1. The summed E-state index contributed by atoms with van der Waals surface area (Å²) in [5, 5.41) is 2.86. The van der Waals surface area contributed by atoms with Crippen molar-refractivity contribution >= 4 is 5.91 Å². The van der Waals surface area contributed by atoms with Crippen LogP contribution in [-0.2, 0) is 10.2 Å². The second kappa shape index (κ2) is 5.61. The number of amides is 1. The standard InChI is InChI=1S/C12H19N3O/c1-12(2,9-15-11(16)6-7-13)10-5-3-4-8-14-10/h3-5,8H,6-7,9,13H2,1-2H3,(H,15,16). The Morgan fingerprint density at radius 1 is 1.50 bits per heavy atom. The first-order valence-electron chi connectivity index (χ1n) is 5.44. The average Bonchev–Trinajstić information content (AvgIpc) is 2.28. The number of nitrogens with zero attached hydrogens (tertiary/aromatic N) is 1. The number of nitrogens with two attached hydrogens (primary N) is 1. The summed E-state index contributed by atoms with van der Waals surface area (Å²) in [7, 11) is 0. The summed E-state index contributed by atoms with van der Waals surface area (Å²) in [4.78, 5) is 15.6. The van der Waals surface area contributed by atoms with Gasteiger partial charge in [-0.25, -0.2) is 0 Å². The van der Waals surface area contributed by atoms with E-state index in [4.69, 9.17) is 5.73 Å². The summed E-state index contributed by atoms with van der Waals surface area (Å²) >= 11 is 0. The Morgan fingerprint density at radius 2 is 2.25 bits per heavy atom. The Hall–Kier alpha value is -1.42. The van der Waals surface area contributed by atoms with Crippen molar-refractivity contribution in [2.75, 3.05) is 13.1 Å². The van der Waals surface area contributed by atoms with E-state index in [1.807, 2.05) is 18.2 Å². The van der Waals surface area contributed by atoms with Crippen LogP contribution in [0.25, 0.3) is 0 Å². The van der Waals surface area contributed by atoms with E-state index < -0.39 is 0 Å². The Kier molecular flexibility index (Phi) is 4.43. The summed E-state index contributed by atoms with van der Waals surface area (Å²) in [5.41, 5.74) is 6.12. The van der Waals surface area contributed by atoms with Crippen LogP contribution >= 0.6 is 0 Å². The van der Waals surface area contributed by atoms with Gasteiger partial charge in [0.15, 0.2) is 0 Å². The highest BCUT2D eigenvalue weighted by Crippen LogP contribution is 2.19. The normalized spacial score (nSPS) is 11.2. The molecule has 1 aromatic heterocycles. The average molecular weight is 221 g/mol. The van der Waals surface area contributed by atoms with Crippen molar-refractivity contribution < 1.29 is 4.79 Å². The molecule has 0 fully saturated rings. The highest BCUT2D eigenvalue weighted by Gasteiger charge is 2.22. The van der Waals surface area contributed by atoms with Crippen molar-refractivity contribution in [1.82, 2.24) is 10.3 Å². The van der Waals surface area contributed by atoms with Gasteiger partial charge in [0, 0.05) is 36.8 Å². The van der Waals surface area contributed by atoms with Gasteiger partial charge in [0.25, 0.3) is 0 Å². The molecule has 1 heterocycles. The maximum atomic E-state index is 11.3. The molecule has 0 aromatic carbocycles. The molecule has 0 bridgehead atoms. The lowest BCUT2D eigenvalue weighted by atomic mass is 9.88. The summed E-state index contributed by atoms with van der Waals surface area (Å²) in [6.07, 6.45) is 2.14. The van der Waals surface area contributed by atoms with Gasteiger partial charge in [0.05, 0.1) is 0 Å². The molecule has 1 rings (SSSR count). The van der Waals surface area contributed by atoms with Gasteiger partial charge in [-0.05, 0) is 12.1 Å². The summed E-state index contributed by atoms with van der Waals surface area (Å²) in [6, 6.07) is 5.80. The van der Waals surface area contributed by atoms with E-state index in [0.29, 0.717) is 19.5 Å². The van der Waals surface area contributed by atoms with Gasteiger partial charge >= 0.3 is 0 Å². The molecule has 0 aliphatic rings. The fourth-order valence-electron chi connectivity index (χ4n) is 1.39. The van der Waals surface area contributed by atoms with Gasteiger partial charge in [-0.1, -0.05) is 19.9 Å². The quantitative estimate of drug-likeness (QED) is 0.773. The summed E-state index contributed by atoms with van der Waals surface area (Å²) in [6.45, 7) is 5.06. The van der Waals surface area contributed by atoms with Gasteiger partial charge in [0.2, 0.25) is 5.91 Å². The molecular formula is C12H19N3O. The van der Waals surface area contributed by atoms with Crippen molar-refractivity contribution in [2.24, 2.45) is 5.73 Å². The minimum atomic E-state index is -0.161. The molecule has 88 valence electrons. The van der Waals surface area contributed by atoms with Crippen molar-refractivity contribution in [3.8, 4) is 0 Å². The largest absolute Gasteiger partial charge is 0.355 e. The first-order chi connectivity index (χ1) is 7.56. The lowest BCUT2D eigenvalue weighted by molar-refractivity contribution is -0.121. The number of pyridine rings is 1. The van der Waals surface area contributed by atoms with Crippen molar-refractivity contribution in [2.45, 2.75) is 25.7 Å². The smallest absolute Gasteiger partial charge is 0.221 e. The van der Waals surface area contributed by atoms with Crippen LogP contribution in [0.3, 0.4) is 0 Å². The molecule has 0 atom stereocenters. The number of rotatable bonds is 5. The zero-order valence-corrected chi connectivity index (χ0v) is 9.86. The molecule has 0 radical (unpaired) electrons. The van der Waals surface area contributed by atoms with Crippen LogP contribution in [0.4, 0.5) is 0 Å². The summed E-state index contributed by atoms with van der Waals surface area (Å²) in [5.74, 6) is -0.00786. The molecule has 4 heteroatoms. The van der Waals surface area contributed by atoms with Gasteiger partial charge < -0.3 is 11.1 Å². The molecule has 1 amide bonds. The number of hydrogen-bond acceptors (Lipinski definition) is 3. The molecule has 3 N–H and O–H groups in total. The van der Waals surface area contributed by atoms with Crippen LogP contribution < -0.4 is 11.1 Å². The predicted octanol–water partition coefficient (Wildman–Crippen LogP) is 0.824. The molecule has 0 saturated heterocycles. The fourth-order valence-corrected chi connectivity index (χ4v) is 1.39. The highest BCUT2D eigenvalue weighted by molar-refractivity contribution is 5.76. The second-order valence-electron chi connectivity index (χ2n) is 4.41. The minimum absolute atomic E-state index is 0.00786. The van der Waals surface area contributed by atoms with Crippen molar-refractivity contribution in [3.63, 3.8) is 0 Å². The summed E-state index contributed by atoms with van der Waals surface area (Å²) < 4.78 is 0. The van der Waals surface area contributed by atoms with Gasteiger partial charge in [-0.3, -0.25) is 9.78 Å². The number of hydrogen-bond donors (Lipinski definition) is 2. The minimum Gasteiger partial charge on any atom is -0.355 e. The first kappa shape index (κ1) is 12.6. The third-order valence-corrected chi connectivity index (χ3v) is 2.46. The SMILES string of the molecule is CC(C)(CNC(=O)CCN)c1ccccn1. The lowest BCUT2D eigenvalue weighted by Gasteiger charge is -2.24. The zero-order valence-electron chi connectivity index (χ0n) is 9.86. The van der Waals surface area contributed by atoms with E-state index in [-0.39, 0.29) is 11.3 Å². The van der Waals surface area contributed by atoms with Gasteiger partial charge in [-0.2, -0.15) is 0 Å². The molecule has 16 heavy (non-hydrogen) atoms. The van der Waals surface area contributed by atoms with Crippen LogP contribution in [0.5, 0.6) is 0 Å². The third kappa shape index (κ3) is 3.62. The molecule has 1 aromatic rings. The molecule has 0 spiro atoms. The molecule has 4 nitrogen and oxygen atoms in total. The zero-order chi connectivity index (χ0) is 12.0. The maximum Gasteiger partial charge on any atom is 0.221 e.